The molecule has 1 fully saturated rings. The van der Waals surface area contributed by atoms with E-state index in [2.05, 4.69) is 0 Å². The fourth-order valence-electron chi connectivity index (χ4n) is 3.10. The molecule has 2 atom stereocenters. The highest BCUT2D eigenvalue weighted by molar-refractivity contribution is 7.88. The molecule has 6 nitrogen and oxygen atoms in total. The molecule has 1 saturated heterocycles. The zero-order valence-electron chi connectivity index (χ0n) is 14.7. The van der Waals surface area contributed by atoms with Gasteiger partial charge in [0.1, 0.15) is 12.1 Å². The van der Waals surface area contributed by atoms with E-state index in [1.165, 1.54) is 25.3 Å². The second kappa shape index (κ2) is 8.06. The van der Waals surface area contributed by atoms with Crippen LogP contribution in [0.3, 0.4) is 0 Å². The number of ether oxygens (including phenoxy) is 2. The highest BCUT2D eigenvalue weighted by Gasteiger charge is 2.45. The van der Waals surface area contributed by atoms with Crippen LogP contribution in [0.25, 0.3) is 0 Å². The maximum atomic E-state index is 13.8. The van der Waals surface area contributed by atoms with Gasteiger partial charge in [-0.05, 0) is 17.7 Å². The number of carbonyl (C=O) groups is 1. The molecule has 2 aromatic rings. The lowest BCUT2D eigenvalue weighted by Gasteiger charge is -2.21. The lowest BCUT2D eigenvalue weighted by Crippen LogP contribution is -2.41. The van der Waals surface area contributed by atoms with Crippen LogP contribution in [-0.2, 0) is 25.3 Å². The molecule has 0 aliphatic carbocycles. The van der Waals surface area contributed by atoms with E-state index in [0.717, 1.165) is 4.31 Å². The number of esters is 1. The number of nitrogens with zero attached hydrogens (tertiary/aromatic N) is 1. The highest BCUT2D eigenvalue weighted by Crippen LogP contribution is 2.28. The Labute approximate surface area is 157 Å². The Morgan fingerprint density at radius 3 is 2.48 bits per heavy atom. The number of halogens is 1. The van der Waals surface area contributed by atoms with Crippen LogP contribution in [-0.4, -0.2) is 44.5 Å². The second-order valence-electron chi connectivity index (χ2n) is 6.26. The van der Waals surface area contributed by atoms with Crippen molar-refractivity contribution in [2.45, 2.75) is 24.3 Å². The van der Waals surface area contributed by atoms with Gasteiger partial charge in [0.2, 0.25) is 10.0 Å². The predicted octanol–water partition coefficient (Wildman–Crippen LogP) is 2.35. The van der Waals surface area contributed by atoms with Crippen LogP contribution >= 0.6 is 0 Å². The summed E-state index contributed by atoms with van der Waals surface area (Å²) in [4.78, 5) is 12.1. The van der Waals surface area contributed by atoms with E-state index in [0.29, 0.717) is 5.56 Å². The standard InChI is InChI=1S/C19H20FNO5S/c1-25-19(22)17-11-15(26-18-10-6-5-9-16(18)20)12-21(17)27(23,24)13-14-7-3-2-4-8-14/h2-10,15,17H,11-13H2,1H3/t15-,17-/m1/s1. The zero-order chi connectivity index (χ0) is 19.4. The molecule has 0 saturated carbocycles. The van der Waals surface area contributed by atoms with Crippen LogP contribution in [0, 0.1) is 5.82 Å². The predicted molar refractivity (Wildman–Crippen MR) is 97.0 cm³/mol. The van der Waals surface area contributed by atoms with Crippen molar-refractivity contribution in [2.75, 3.05) is 13.7 Å². The first-order chi connectivity index (χ1) is 12.9. The molecular formula is C19H20FNO5S. The van der Waals surface area contributed by atoms with Gasteiger partial charge in [-0.1, -0.05) is 42.5 Å². The molecule has 0 bridgehead atoms. The molecule has 0 amide bonds. The fourth-order valence-corrected chi connectivity index (χ4v) is 4.83. The highest BCUT2D eigenvalue weighted by atomic mass is 32.2. The summed E-state index contributed by atoms with van der Waals surface area (Å²) in [6.45, 7) is -0.0523. The normalized spacial score (nSPS) is 20.4. The number of sulfonamides is 1. The first-order valence-electron chi connectivity index (χ1n) is 8.43. The topological polar surface area (TPSA) is 72.9 Å². The van der Waals surface area contributed by atoms with Gasteiger partial charge in [0, 0.05) is 6.42 Å². The summed E-state index contributed by atoms with van der Waals surface area (Å²) in [6, 6.07) is 13.6. The summed E-state index contributed by atoms with van der Waals surface area (Å²) in [5, 5.41) is 0. The first-order valence-corrected chi connectivity index (χ1v) is 10.0. The molecule has 0 N–H and O–H groups in total. The van der Waals surface area contributed by atoms with Crippen molar-refractivity contribution in [2.24, 2.45) is 0 Å². The minimum absolute atomic E-state index is 0.0217. The van der Waals surface area contributed by atoms with Gasteiger partial charge in [-0.15, -0.1) is 0 Å². The van der Waals surface area contributed by atoms with Gasteiger partial charge in [-0.25, -0.2) is 12.8 Å². The first kappa shape index (κ1) is 19.3. The van der Waals surface area contributed by atoms with Crippen molar-refractivity contribution in [3.8, 4) is 5.75 Å². The van der Waals surface area contributed by atoms with E-state index in [1.54, 1.807) is 36.4 Å². The summed E-state index contributed by atoms with van der Waals surface area (Å²) in [5.41, 5.74) is 0.611. The quantitative estimate of drug-likeness (QED) is 0.705. The molecule has 144 valence electrons. The smallest absolute Gasteiger partial charge is 0.324 e. The molecule has 1 aliphatic heterocycles. The Bertz CT molecular complexity index is 903. The van der Waals surface area contributed by atoms with E-state index in [1.807, 2.05) is 0 Å². The SMILES string of the molecule is COC(=O)[C@H]1C[C@@H](Oc2ccccc2F)CN1S(=O)(=O)Cc1ccccc1. The molecule has 3 rings (SSSR count). The molecular weight excluding hydrogens is 373 g/mol. The number of rotatable bonds is 6. The van der Waals surface area contributed by atoms with Gasteiger partial charge < -0.3 is 9.47 Å². The van der Waals surface area contributed by atoms with E-state index in [4.69, 9.17) is 9.47 Å². The number of para-hydroxylation sites is 1. The van der Waals surface area contributed by atoms with Crippen LogP contribution < -0.4 is 4.74 Å². The summed E-state index contributed by atoms with van der Waals surface area (Å²) < 4.78 is 51.1. The van der Waals surface area contributed by atoms with Gasteiger partial charge in [0.15, 0.2) is 11.6 Å². The van der Waals surface area contributed by atoms with Crippen LogP contribution in [0.5, 0.6) is 5.75 Å². The number of carbonyl (C=O) groups excluding carboxylic acids is 1. The second-order valence-corrected chi connectivity index (χ2v) is 8.18. The van der Waals surface area contributed by atoms with Crippen LogP contribution in [0.2, 0.25) is 0 Å². The van der Waals surface area contributed by atoms with Crippen molar-refractivity contribution in [3.63, 3.8) is 0 Å². The molecule has 0 unspecified atom stereocenters. The van der Waals surface area contributed by atoms with Gasteiger partial charge in [0.25, 0.3) is 0 Å². The molecule has 0 radical (unpaired) electrons. The molecule has 1 aliphatic rings. The maximum absolute atomic E-state index is 13.8. The van der Waals surface area contributed by atoms with Gasteiger partial charge in [-0.3, -0.25) is 4.79 Å². The average Bonchev–Trinajstić information content (AvgIpc) is 3.08. The minimum Gasteiger partial charge on any atom is -0.486 e. The Morgan fingerprint density at radius 1 is 1.15 bits per heavy atom. The van der Waals surface area contributed by atoms with E-state index < -0.39 is 34.0 Å². The van der Waals surface area contributed by atoms with Crippen LogP contribution in [0.15, 0.2) is 54.6 Å². The zero-order valence-corrected chi connectivity index (χ0v) is 15.6. The van der Waals surface area contributed by atoms with E-state index in [-0.39, 0.29) is 24.5 Å². The van der Waals surface area contributed by atoms with Crippen molar-refractivity contribution in [1.29, 1.82) is 0 Å². The minimum atomic E-state index is -3.79. The third kappa shape index (κ3) is 4.45. The van der Waals surface area contributed by atoms with Gasteiger partial charge >= 0.3 is 5.97 Å². The Balaban J connectivity index is 1.81. The fraction of sp³-hybridized carbons (Fsp3) is 0.316. The Hall–Kier alpha value is -2.45. The molecule has 1 heterocycles. The number of hydrogen-bond donors (Lipinski definition) is 0. The van der Waals surface area contributed by atoms with Gasteiger partial charge in [0.05, 0.1) is 19.4 Å². The van der Waals surface area contributed by atoms with Gasteiger partial charge in [-0.2, -0.15) is 4.31 Å². The summed E-state index contributed by atoms with van der Waals surface area (Å²) in [7, 11) is -2.59. The number of benzene rings is 2. The van der Waals surface area contributed by atoms with Crippen molar-refractivity contribution in [1.82, 2.24) is 4.31 Å². The Morgan fingerprint density at radius 2 is 1.81 bits per heavy atom. The lowest BCUT2D eigenvalue weighted by molar-refractivity contribution is -0.144. The number of methoxy groups -OCH3 is 1. The van der Waals surface area contributed by atoms with Crippen LogP contribution in [0.1, 0.15) is 12.0 Å². The van der Waals surface area contributed by atoms with Crippen molar-refractivity contribution >= 4 is 16.0 Å². The lowest BCUT2D eigenvalue weighted by atomic mass is 10.2. The molecule has 0 aromatic heterocycles. The van der Waals surface area contributed by atoms with E-state index >= 15 is 0 Å². The summed E-state index contributed by atoms with van der Waals surface area (Å²) >= 11 is 0. The molecule has 0 spiro atoms. The molecule has 2 aromatic carbocycles. The summed E-state index contributed by atoms with van der Waals surface area (Å²) in [5.74, 6) is -1.43. The maximum Gasteiger partial charge on any atom is 0.324 e. The third-order valence-corrected chi connectivity index (χ3v) is 6.19. The summed E-state index contributed by atoms with van der Waals surface area (Å²) in [6.07, 6.45) is -0.564. The van der Waals surface area contributed by atoms with Crippen LogP contribution in [0.4, 0.5) is 4.39 Å². The third-order valence-electron chi connectivity index (χ3n) is 4.37. The molecule has 27 heavy (non-hydrogen) atoms. The largest absolute Gasteiger partial charge is 0.486 e. The van der Waals surface area contributed by atoms with Crippen molar-refractivity contribution < 1.29 is 27.1 Å². The monoisotopic (exact) mass is 393 g/mol. The Kier molecular flexibility index (Phi) is 5.76. The average molecular weight is 393 g/mol. The molecule has 8 heteroatoms. The number of hydrogen-bond acceptors (Lipinski definition) is 5. The van der Waals surface area contributed by atoms with E-state index in [9.17, 15) is 17.6 Å². The van der Waals surface area contributed by atoms with Crippen molar-refractivity contribution in [3.05, 3.63) is 66.0 Å².